The summed E-state index contributed by atoms with van der Waals surface area (Å²) in [5.74, 6) is 2.46. The van der Waals surface area contributed by atoms with Gasteiger partial charge in [0, 0.05) is 51.5 Å². The van der Waals surface area contributed by atoms with Gasteiger partial charge in [0.15, 0.2) is 0 Å². The molecule has 342 valence electrons. The van der Waals surface area contributed by atoms with Crippen LogP contribution in [0.4, 0.5) is 0 Å². The molecule has 0 aliphatic heterocycles. The minimum atomic E-state index is -0.0669. The number of imidazole rings is 1. The van der Waals surface area contributed by atoms with Crippen LogP contribution in [0.25, 0.3) is 111 Å². The van der Waals surface area contributed by atoms with Gasteiger partial charge in [-0.05, 0) is 74.8 Å². The number of nitrogens with zero attached hydrogens (tertiary/aromatic N) is 5. The van der Waals surface area contributed by atoms with Crippen LogP contribution in [0.1, 0.15) is 26.3 Å². The van der Waals surface area contributed by atoms with Gasteiger partial charge in [0.1, 0.15) is 5.82 Å². The van der Waals surface area contributed by atoms with E-state index in [2.05, 4.69) is 200 Å². The fourth-order valence-corrected chi connectivity index (χ4v) is 9.88. The molecule has 71 heavy (non-hydrogen) atoms. The second-order valence-electron chi connectivity index (χ2n) is 18.7. The molecule has 0 radical (unpaired) electrons. The average molecular weight is 1100 g/mol. The average Bonchev–Trinajstić information content (AvgIpc) is 4.08. The summed E-state index contributed by atoms with van der Waals surface area (Å²) in [5, 5.41) is 3.82. The van der Waals surface area contributed by atoms with Crippen LogP contribution in [0.15, 0.2) is 211 Å². The SMILES string of the molecule is CC(C)(C)c1ccnc(-n2c3[c-]c(Oc4[c-]c(-c5nc6ccccc6n5-c5c(-c6ccccc6)cccc5-c5ccccc5)c5oc6ncc(-c7ccccc7)cc6c5c4)ccc3c3ccccc32)c1.[Pt+2]. The molecule has 8 heteroatoms. The van der Waals surface area contributed by atoms with Gasteiger partial charge in [0.2, 0.25) is 5.71 Å². The van der Waals surface area contributed by atoms with Crippen molar-refractivity contribution in [1.29, 1.82) is 0 Å². The molecule has 5 heterocycles. The molecule has 5 aromatic heterocycles. The van der Waals surface area contributed by atoms with E-state index in [0.717, 1.165) is 88.5 Å². The Balaban J connectivity index is 0.00000517. The van der Waals surface area contributed by atoms with Gasteiger partial charge in [0.05, 0.1) is 28.1 Å². The molecule has 8 aromatic carbocycles. The maximum absolute atomic E-state index is 7.02. The Labute approximate surface area is 424 Å². The van der Waals surface area contributed by atoms with Crippen LogP contribution in [-0.2, 0) is 26.5 Å². The molecule has 7 nitrogen and oxygen atoms in total. The third-order valence-corrected chi connectivity index (χ3v) is 13.3. The Bertz CT molecular complexity index is 4080. The molecule has 13 rings (SSSR count). The molecule has 0 fully saturated rings. The first-order chi connectivity index (χ1) is 34.3. The van der Waals surface area contributed by atoms with Crippen molar-refractivity contribution >= 4 is 54.9 Å². The summed E-state index contributed by atoms with van der Waals surface area (Å²) in [6.45, 7) is 6.66. The quantitative estimate of drug-likeness (QED) is 0.142. The second-order valence-corrected chi connectivity index (χ2v) is 18.7. The van der Waals surface area contributed by atoms with Crippen molar-refractivity contribution in [2.75, 3.05) is 0 Å². The van der Waals surface area contributed by atoms with Crippen LogP contribution in [0.3, 0.4) is 0 Å². The first-order valence-corrected chi connectivity index (χ1v) is 23.5. The van der Waals surface area contributed by atoms with Crippen LogP contribution >= 0.6 is 0 Å². The van der Waals surface area contributed by atoms with E-state index in [1.807, 2.05) is 48.8 Å². The van der Waals surface area contributed by atoms with E-state index in [4.69, 9.17) is 24.1 Å². The Morgan fingerprint density at radius 2 is 1.18 bits per heavy atom. The standard InChI is InChI=1S/C63H43N5O2.Pt/c1-63(2,3)44-32-33-64-58(35-44)67-55-28-15-13-24-49(55)50-31-30-45(38-57(50)67)69-46-36-51-52-34-43(40-18-7-4-8-19-40)39-65-62(52)70-60(51)53(37-46)61-66-54-27-14-16-29-56(54)68(61)59-47(41-20-9-5-10-21-41)25-17-26-48(59)42-22-11-6-12-23-42;/h4-36,39H,1-3H3;/q-2;+2. The van der Waals surface area contributed by atoms with Gasteiger partial charge in [-0.2, -0.15) is 6.07 Å². The van der Waals surface area contributed by atoms with E-state index in [-0.39, 0.29) is 26.5 Å². The fraction of sp³-hybridized carbons (Fsp3) is 0.0635. The Morgan fingerprint density at radius 3 is 1.90 bits per heavy atom. The van der Waals surface area contributed by atoms with Crippen molar-refractivity contribution in [2.24, 2.45) is 0 Å². The summed E-state index contributed by atoms with van der Waals surface area (Å²) >= 11 is 0. The number of pyridine rings is 2. The monoisotopic (exact) mass is 1100 g/mol. The minimum Gasteiger partial charge on any atom is -0.503 e. The number of para-hydroxylation sites is 4. The first-order valence-electron chi connectivity index (χ1n) is 23.5. The number of rotatable bonds is 8. The van der Waals surface area contributed by atoms with E-state index >= 15 is 0 Å². The van der Waals surface area contributed by atoms with Gasteiger partial charge < -0.3 is 18.3 Å². The van der Waals surface area contributed by atoms with Crippen LogP contribution in [0, 0.1) is 12.1 Å². The summed E-state index contributed by atoms with van der Waals surface area (Å²) in [4.78, 5) is 15.3. The van der Waals surface area contributed by atoms with E-state index in [9.17, 15) is 0 Å². The first kappa shape index (κ1) is 43.9. The maximum Gasteiger partial charge on any atom is 2.00 e. The Morgan fingerprint density at radius 1 is 0.521 bits per heavy atom. The zero-order valence-electron chi connectivity index (χ0n) is 39.0. The third kappa shape index (κ3) is 7.61. The van der Waals surface area contributed by atoms with Gasteiger partial charge in [0.25, 0.3) is 0 Å². The zero-order chi connectivity index (χ0) is 46.9. The number of aromatic nitrogens is 5. The number of fused-ring (bicyclic) bond motifs is 7. The van der Waals surface area contributed by atoms with Crippen LogP contribution < -0.4 is 4.74 Å². The normalized spacial score (nSPS) is 11.8. The van der Waals surface area contributed by atoms with Crippen molar-refractivity contribution < 1.29 is 30.2 Å². The predicted molar refractivity (Wildman–Crippen MR) is 283 cm³/mol. The predicted octanol–water partition coefficient (Wildman–Crippen LogP) is 16.2. The van der Waals surface area contributed by atoms with Gasteiger partial charge in [-0.1, -0.05) is 184 Å². The molecule has 0 saturated heterocycles. The van der Waals surface area contributed by atoms with Crippen molar-refractivity contribution in [2.45, 2.75) is 26.2 Å². The number of ether oxygens (including phenoxy) is 1. The molecule has 0 N–H and O–H groups in total. The van der Waals surface area contributed by atoms with E-state index in [1.54, 1.807) is 0 Å². The largest absolute Gasteiger partial charge is 2.00 e. The summed E-state index contributed by atoms with van der Waals surface area (Å²) < 4.78 is 18.3. The number of hydrogen-bond donors (Lipinski definition) is 0. The minimum absolute atomic E-state index is 0. The van der Waals surface area contributed by atoms with Gasteiger partial charge >= 0.3 is 21.1 Å². The Kier molecular flexibility index (Phi) is 10.8. The molecule has 0 aliphatic carbocycles. The van der Waals surface area contributed by atoms with Crippen molar-refractivity contribution in [3.63, 3.8) is 0 Å². The second kappa shape index (κ2) is 17.5. The summed E-state index contributed by atoms with van der Waals surface area (Å²) in [6.07, 6.45) is 3.76. The van der Waals surface area contributed by atoms with Crippen molar-refractivity contribution in [3.05, 3.63) is 224 Å². The van der Waals surface area contributed by atoms with Gasteiger partial charge in [-0.15, -0.1) is 17.5 Å². The van der Waals surface area contributed by atoms with Crippen LogP contribution in [0.2, 0.25) is 0 Å². The molecule has 0 bridgehead atoms. The molecule has 0 atom stereocenters. The molecule has 0 unspecified atom stereocenters. The molecule has 0 saturated carbocycles. The smallest absolute Gasteiger partial charge is 0.503 e. The fourth-order valence-electron chi connectivity index (χ4n) is 9.88. The third-order valence-electron chi connectivity index (χ3n) is 13.3. The van der Waals surface area contributed by atoms with E-state index in [0.29, 0.717) is 34.2 Å². The summed E-state index contributed by atoms with van der Waals surface area (Å²) in [6, 6.07) is 74.5. The summed E-state index contributed by atoms with van der Waals surface area (Å²) in [5.41, 5.74) is 13.8. The maximum atomic E-state index is 7.02. The molecule has 0 spiro atoms. The molecule has 0 amide bonds. The zero-order valence-corrected chi connectivity index (χ0v) is 41.3. The van der Waals surface area contributed by atoms with Crippen molar-refractivity contribution in [1.82, 2.24) is 24.1 Å². The van der Waals surface area contributed by atoms with Gasteiger partial charge in [-0.25, -0.2) is 9.97 Å². The Hall–Kier alpha value is -8.38. The molecule has 0 aliphatic rings. The van der Waals surface area contributed by atoms with Crippen LogP contribution in [0.5, 0.6) is 11.5 Å². The van der Waals surface area contributed by atoms with Gasteiger partial charge in [-0.3, -0.25) is 4.98 Å². The van der Waals surface area contributed by atoms with Crippen molar-refractivity contribution in [3.8, 4) is 67.8 Å². The summed E-state index contributed by atoms with van der Waals surface area (Å²) in [7, 11) is 0. The number of furan rings is 1. The van der Waals surface area contributed by atoms with E-state index in [1.165, 1.54) is 5.56 Å². The number of benzene rings is 8. The number of hydrogen-bond acceptors (Lipinski definition) is 5. The topological polar surface area (TPSA) is 70.9 Å². The molecule has 13 aromatic rings. The van der Waals surface area contributed by atoms with E-state index < -0.39 is 0 Å². The molecular formula is C63H43N5O2Pt. The van der Waals surface area contributed by atoms with Crippen LogP contribution in [-0.4, -0.2) is 24.1 Å². The molecular weight excluding hydrogens is 1050 g/mol.